The van der Waals surface area contributed by atoms with Crippen molar-refractivity contribution >= 4 is 18.4 Å². The van der Waals surface area contributed by atoms with E-state index >= 15 is 0 Å². The molecule has 3 aromatic rings. The van der Waals surface area contributed by atoms with Gasteiger partial charge in [-0.1, -0.05) is 12.1 Å². The number of halogens is 1. The number of ether oxygens (including phenoxy) is 1. The second kappa shape index (κ2) is 6.53. The van der Waals surface area contributed by atoms with E-state index < -0.39 is 0 Å². The van der Waals surface area contributed by atoms with Gasteiger partial charge in [0.15, 0.2) is 5.82 Å². The van der Waals surface area contributed by atoms with E-state index in [0.29, 0.717) is 16.2 Å². The molecule has 0 atom stereocenters. The summed E-state index contributed by atoms with van der Waals surface area (Å²) in [6.45, 7) is 0. The summed E-state index contributed by atoms with van der Waals surface area (Å²) in [5.74, 6) is 0.989. The van der Waals surface area contributed by atoms with Crippen LogP contribution in [0.15, 0.2) is 53.6 Å². The van der Waals surface area contributed by atoms with Crippen LogP contribution in [0.4, 0.5) is 4.39 Å². The first-order valence-electron chi connectivity index (χ1n) is 6.79. The number of aromatic amines is 1. The molecule has 0 aliphatic carbocycles. The number of rotatable bonds is 4. The maximum atomic E-state index is 13.2. The highest BCUT2D eigenvalue weighted by molar-refractivity contribution is 7.71. The van der Waals surface area contributed by atoms with Gasteiger partial charge in [0, 0.05) is 5.56 Å². The standard InChI is InChI=1S/C16H13FN4OS/c1-22-14-7-5-12(6-8-14)15-19-20-16(23)21(15)18-10-11-3-2-4-13(17)9-11/h2-10H,1H3,(H,20,23)/b18-10-. The average Bonchev–Trinajstić information content (AvgIpc) is 2.94. The minimum Gasteiger partial charge on any atom is -0.497 e. The monoisotopic (exact) mass is 328 g/mol. The van der Waals surface area contributed by atoms with E-state index in [0.717, 1.165) is 11.3 Å². The Bertz CT molecular complexity index is 899. The molecule has 1 aromatic heterocycles. The Balaban J connectivity index is 1.96. The molecule has 23 heavy (non-hydrogen) atoms. The van der Waals surface area contributed by atoms with Gasteiger partial charge in [-0.3, -0.25) is 0 Å². The maximum Gasteiger partial charge on any atom is 0.216 e. The molecule has 0 aliphatic rings. The third kappa shape index (κ3) is 3.35. The van der Waals surface area contributed by atoms with E-state index in [4.69, 9.17) is 17.0 Å². The van der Waals surface area contributed by atoms with E-state index in [1.165, 1.54) is 23.0 Å². The zero-order chi connectivity index (χ0) is 16.2. The molecule has 2 aromatic carbocycles. The van der Waals surface area contributed by atoms with Crippen LogP contribution in [0.2, 0.25) is 0 Å². The van der Waals surface area contributed by atoms with Crippen molar-refractivity contribution in [3.8, 4) is 17.1 Å². The number of nitrogens with zero attached hydrogens (tertiary/aromatic N) is 3. The lowest BCUT2D eigenvalue weighted by molar-refractivity contribution is 0.415. The highest BCUT2D eigenvalue weighted by atomic mass is 32.1. The van der Waals surface area contributed by atoms with Crippen molar-refractivity contribution in [3.05, 3.63) is 64.7 Å². The Morgan fingerprint density at radius 1 is 1.26 bits per heavy atom. The summed E-state index contributed by atoms with van der Waals surface area (Å²) in [4.78, 5) is 0. The first-order valence-corrected chi connectivity index (χ1v) is 7.20. The molecule has 0 amide bonds. The average molecular weight is 328 g/mol. The first-order chi connectivity index (χ1) is 11.2. The van der Waals surface area contributed by atoms with Crippen molar-refractivity contribution in [1.82, 2.24) is 14.9 Å². The molecule has 0 fully saturated rings. The van der Waals surface area contributed by atoms with E-state index in [1.807, 2.05) is 24.3 Å². The van der Waals surface area contributed by atoms with Crippen molar-refractivity contribution < 1.29 is 9.13 Å². The fourth-order valence-electron chi connectivity index (χ4n) is 2.04. The summed E-state index contributed by atoms with van der Waals surface area (Å²) in [7, 11) is 1.61. The third-order valence-corrected chi connectivity index (χ3v) is 3.43. The van der Waals surface area contributed by atoms with Crippen molar-refractivity contribution in [1.29, 1.82) is 0 Å². The quantitative estimate of drug-likeness (QED) is 0.588. The Kier molecular flexibility index (Phi) is 4.29. The van der Waals surface area contributed by atoms with Crippen LogP contribution < -0.4 is 4.74 Å². The number of H-pyrrole nitrogens is 1. The van der Waals surface area contributed by atoms with Crippen LogP contribution in [0.1, 0.15) is 5.56 Å². The minimum atomic E-state index is -0.319. The van der Waals surface area contributed by atoms with Gasteiger partial charge in [0.1, 0.15) is 11.6 Å². The lowest BCUT2D eigenvalue weighted by atomic mass is 10.2. The van der Waals surface area contributed by atoms with Crippen molar-refractivity contribution in [2.75, 3.05) is 7.11 Å². The fourth-order valence-corrected chi connectivity index (χ4v) is 2.22. The van der Waals surface area contributed by atoms with Gasteiger partial charge >= 0.3 is 0 Å². The maximum absolute atomic E-state index is 13.2. The Labute approximate surface area is 137 Å². The van der Waals surface area contributed by atoms with Gasteiger partial charge in [-0.25, -0.2) is 9.49 Å². The lowest BCUT2D eigenvalue weighted by Crippen LogP contribution is -1.95. The second-order valence-corrected chi connectivity index (χ2v) is 5.08. The molecular weight excluding hydrogens is 315 g/mol. The molecule has 0 radical (unpaired) electrons. The van der Waals surface area contributed by atoms with Crippen LogP contribution in [0.25, 0.3) is 11.4 Å². The van der Waals surface area contributed by atoms with Gasteiger partial charge in [-0.15, -0.1) is 0 Å². The minimum absolute atomic E-state index is 0.319. The summed E-state index contributed by atoms with van der Waals surface area (Å²) in [6, 6.07) is 13.5. The molecule has 1 N–H and O–H groups in total. The summed E-state index contributed by atoms with van der Waals surface area (Å²) < 4.78 is 20.2. The van der Waals surface area contributed by atoms with Gasteiger partial charge in [0.25, 0.3) is 0 Å². The van der Waals surface area contributed by atoms with Gasteiger partial charge in [0.05, 0.1) is 13.3 Å². The summed E-state index contributed by atoms with van der Waals surface area (Å²) in [6.07, 6.45) is 1.53. The van der Waals surface area contributed by atoms with E-state index in [9.17, 15) is 4.39 Å². The van der Waals surface area contributed by atoms with Crippen LogP contribution in [0, 0.1) is 10.6 Å². The van der Waals surface area contributed by atoms with Gasteiger partial charge in [0.2, 0.25) is 4.77 Å². The van der Waals surface area contributed by atoms with E-state index in [-0.39, 0.29) is 5.82 Å². The Hall–Kier alpha value is -2.80. The summed E-state index contributed by atoms with van der Waals surface area (Å²) in [5, 5.41) is 11.2. The molecule has 0 unspecified atom stereocenters. The number of aromatic nitrogens is 3. The Morgan fingerprint density at radius 2 is 2.04 bits per heavy atom. The fraction of sp³-hybridized carbons (Fsp3) is 0.0625. The highest BCUT2D eigenvalue weighted by Crippen LogP contribution is 2.20. The topological polar surface area (TPSA) is 55.2 Å². The van der Waals surface area contributed by atoms with Gasteiger partial charge in [-0.2, -0.15) is 14.9 Å². The molecule has 0 saturated carbocycles. The predicted molar refractivity (Wildman–Crippen MR) is 88.8 cm³/mol. The van der Waals surface area contributed by atoms with Crippen LogP contribution in [0.5, 0.6) is 5.75 Å². The van der Waals surface area contributed by atoms with Crippen LogP contribution in [0.3, 0.4) is 0 Å². The lowest BCUT2D eigenvalue weighted by Gasteiger charge is -2.03. The molecule has 116 valence electrons. The first kappa shape index (κ1) is 15.1. The number of nitrogens with one attached hydrogen (secondary N) is 1. The molecule has 1 heterocycles. The molecule has 5 nitrogen and oxygen atoms in total. The predicted octanol–water partition coefficient (Wildman–Crippen LogP) is 3.64. The summed E-state index contributed by atoms with van der Waals surface area (Å²) >= 11 is 5.20. The zero-order valence-corrected chi connectivity index (χ0v) is 13.0. The zero-order valence-electron chi connectivity index (χ0n) is 12.2. The molecule has 3 rings (SSSR count). The SMILES string of the molecule is COc1ccc(-c2n[nH]c(=S)n2/N=C\c2cccc(F)c2)cc1. The number of hydrogen-bond acceptors (Lipinski definition) is 4. The molecule has 0 saturated heterocycles. The second-order valence-electron chi connectivity index (χ2n) is 4.69. The van der Waals surface area contributed by atoms with Gasteiger partial charge < -0.3 is 4.74 Å². The highest BCUT2D eigenvalue weighted by Gasteiger charge is 2.08. The molecule has 0 spiro atoms. The van der Waals surface area contributed by atoms with Crippen LogP contribution >= 0.6 is 12.2 Å². The van der Waals surface area contributed by atoms with Gasteiger partial charge in [-0.05, 0) is 54.2 Å². The van der Waals surface area contributed by atoms with Crippen LogP contribution in [-0.4, -0.2) is 28.2 Å². The van der Waals surface area contributed by atoms with Crippen molar-refractivity contribution in [3.63, 3.8) is 0 Å². The van der Waals surface area contributed by atoms with Crippen LogP contribution in [-0.2, 0) is 0 Å². The number of hydrogen-bond donors (Lipinski definition) is 1. The normalized spacial score (nSPS) is 11.0. The molecule has 0 bridgehead atoms. The van der Waals surface area contributed by atoms with E-state index in [1.54, 1.807) is 19.2 Å². The number of methoxy groups -OCH3 is 1. The Morgan fingerprint density at radius 3 is 2.74 bits per heavy atom. The van der Waals surface area contributed by atoms with Crippen molar-refractivity contribution in [2.24, 2.45) is 5.10 Å². The largest absolute Gasteiger partial charge is 0.497 e. The molecule has 0 aliphatic heterocycles. The smallest absolute Gasteiger partial charge is 0.216 e. The summed E-state index contributed by atoms with van der Waals surface area (Å²) in [5.41, 5.74) is 1.46. The molecule has 7 heteroatoms. The van der Waals surface area contributed by atoms with Crippen molar-refractivity contribution in [2.45, 2.75) is 0 Å². The van der Waals surface area contributed by atoms with E-state index in [2.05, 4.69) is 15.3 Å². The number of benzene rings is 2. The molecular formula is C16H13FN4OS. The third-order valence-electron chi connectivity index (χ3n) is 3.17.